The van der Waals surface area contributed by atoms with Crippen LogP contribution in [0.5, 0.6) is 5.75 Å². The molecule has 0 spiro atoms. The Morgan fingerprint density at radius 3 is 2.67 bits per heavy atom. The van der Waals surface area contributed by atoms with Crippen molar-refractivity contribution in [3.05, 3.63) is 78.4 Å². The van der Waals surface area contributed by atoms with Crippen LogP contribution in [0.15, 0.2) is 67.0 Å². The van der Waals surface area contributed by atoms with Crippen LogP contribution in [-0.4, -0.2) is 71.0 Å². The second-order valence-corrected chi connectivity index (χ2v) is 8.64. The van der Waals surface area contributed by atoms with Crippen LogP contribution in [0.4, 0.5) is 0 Å². The van der Waals surface area contributed by atoms with Crippen LogP contribution >= 0.6 is 12.2 Å². The van der Waals surface area contributed by atoms with Gasteiger partial charge in [-0.15, -0.1) is 0 Å². The van der Waals surface area contributed by atoms with Gasteiger partial charge < -0.3 is 24.3 Å². The maximum absolute atomic E-state index is 5.85. The average molecular weight is 464 g/mol. The molecule has 0 bridgehead atoms. The zero-order valence-corrected chi connectivity index (χ0v) is 19.6. The number of hydrogen-bond donors (Lipinski definition) is 1. The number of hydrogen-bond acceptors (Lipinski definition) is 5. The topological polar surface area (TPSA) is 54.8 Å². The molecule has 0 saturated carbocycles. The molecule has 0 amide bonds. The maximum atomic E-state index is 5.85. The van der Waals surface area contributed by atoms with Gasteiger partial charge in [0.1, 0.15) is 5.75 Å². The second-order valence-electron chi connectivity index (χ2n) is 8.25. The molecule has 3 aromatic rings. The van der Waals surface area contributed by atoms with E-state index < -0.39 is 0 Å². The third-order valence-corrected chi connectivity index (χ3v) is 6.74. The predicted octanol–water partition coefficient (Wildman–Crippen LogP) is 3.19. The third-order valence-electron chi connectivity index (χ3n) is 6.39. The second kappa shape index (κ2) is 9.91. The van der Waals surface area contributed by atoms with Crippen molar-refractivity contribution in [1.29, 1.82) is 0 Å². The normalized spacial score (nSPS) is 21.2. The van der Waals surface area contributed by atoms with Crippen LogP contribution < -0.4 is 10.1 Å². The Balaban J connectivity index is 1.52. The highest BCUT2D eigenvalue weighted by Gasteiger charge is 2.41. The fraction of sp³-hybridized carbons (Fsp3) is 0.360. The van der Waals surface area contributed by atoms with Gasteiger partial charge in [-0.3, -0.25) is 9.88 Å². The predicted molar refractivity (Wildman–Crippen MR) is 132 cm³/mol. The van der Waals surface area contributed by atoms with E-state index in [0.29, 0.717) is 0 Å². The van der Waals surface area contributed by atoms with Gasteiger partial charge in [-0.05, 0) is 48.6 Å². The summed E-state index contributed by atoms with van der Waals surface area (Å²) in [6, 6.07) is 18.3. The molecule has 0 unspecified atom stereocenters. The first-order valence-corrected chi connectivity index (χ1v) is 11.8. The van der Waals surface area contributed by atoms with Gasteiger partial charge in [0.25, 0.3) is 0 Å². The summed E-state index contributed by atoms with van der Waals surface area (Å²) in [5.74, 6) is 0.831. The summed E-state index contributed by atoms with van der Waals surface area (Å²) in [6.07, 6.45) is 3.93. The first kappa shape index (κ1) is 21.9. The van der Waals surface area contributed by atoms with Crippen LogP contribution in [-0.2, 0) is 4.74 Å². The van der Waals surface area contributed by atoms with E-state index in [1.165, 1.54) is 0 Å². The zero-order valence-electron chi connectivity index (χ0n) is 18.8. The minimum Gasteiger partial charge on any atom is -0.495 e. The Kier molecular flexibility index (Phi) is 6.57. The minimum atomic E-state index is -0.0493. The largest absolute Gasteiger partial charge is 0.495 e. The Morgan fingerprint density at radius 2 is 1.88 bits per heavy atom. The van der Waals surface area contributed by atoms with Crippen LogP contribution in [0.1, 0.15) is 23.5 Å². The Hall–Kier alpha value is -2.94. The van der Waals surface area contributed by atoms with E-state index in [1.807, 2.05) is 36.5 Å². The highest BCUT2D eigenvalue weighted by Crippen LogP contribution is 2.40. The number of thiocarbonyl (C=S) groups is 1. The summed E-state index contributed by atoms with van der Waals surface area (Å²) in [5, 5.41) is 4.32. The van der Waals surface area contributed by atoms with E-state index >= 15 is 0 Å². The maximum Gasteiger partial charge on any atom is 0.170 e. The van der Waals surface area contributed by atoms with E-state index in [-0.39, 0.29) is 12.1 Å². The summed E-state index contributed by atoms with van der Waals surface area (Å²) in [6.45, 7) is 5.27. The van der Waals surface area contributed by atoms with Crippen molar-refractivity contribution in [2.45, 2.75) is 12.1 Å². The highest BCUT2D eigenvalue weighted by molar-refractivity contribution is 7.80. The molecule has 8 heteroatoms. The van der Waals surface area contributed by atoms with E-state index in [0.717, 1.165) is 67.3 Å². The standard InChI is InChI=1S/C25H29N5O2S/c1-31-22-10-3-2-8-20(22)29-12-6-9-21(29)24-23(19-7-4-5-11-26-19)27-25(33)30(24)14-13-28-15-17-32-18-16-28/h2-12,23-24H,13-18H2,1H3,(H,27,33)/t23-,24-/m1/s1. The number of rotatable bonds is 7. The monoisotopic (exact) mass is 463 g/mol. The Bertz CT molecular complexity index is 1080. The lowest BCUT2D eigenvalue weighted by molar-refractivity contribution is 0.0349. The molecule has 33 heavy (non-hydrogen) atoms. The van der Waals surface area contributed by atoms with E-state index in [9.17, 15) is 0 Å². The quantitative estimate of drug-likeness (QED) is 0.540. The minimum absolute atomic E-state index is 0.00615. The number of methoxy groups -OCH3 is 1. The van der Waals surface area contributed by atoms with Gasteiger partial charge in [-0.1, -0.05) is 18.2 Å². The first-order chi connectivity index (χ1) is 16.3. The van der Waals surface area contributed by atoms with Crippen molar-refractivity contribution >= 4 is 17.3 Å². The number of ether oxygens (including phenoxy) is 2. The smallest absolute Gasteiger partial charge is 0.170 e. The summed E-state index contributed by atoms with van der Waals surface area (Å²) >= 11 is 5.85. The highest BCUT2D eigenvalue weighted by atomic mass is 32.1. The summed E-state index contributed by atoms with van der Waals surface area (Å²) in [5.41, 5.74) is 3.13. The lowest BCUT2D eigenvalue weighted by atomic mass is 10.0. The van der Waals surface area contributed by atoms with E-state index in [2.05, 4.69) is 55.1 Å². The van der Waals surface area contributed by atoms with Crippen LogP contribution in [0, 0.1) is 0 Å². The molecule has 172 valence electrons. The number of nitrogens with one attached hydrogen (secondary N) is 1. The van der Waals surface area contributed by atoms with Gasteiger partial charge in [-0.25, -0.2) is 0 Å². The first-order valence-electron chi connectivity index (χ1n) is 11.3. The molecule has 5 rings (SSSR count). The average Bonchev–Trinajstić information content (AvgIpc) is 3.48. The molecular weight excluding hydrogens is 434 g/mol. The molecule has 2 saturated heterocycles. The van der Waals surface area contributed by atoms with Crippen molar-refractivity contribution < 1.29 is 9.47 Å². The van der Waals surface area contributed by atoms with Gasteiger partial charge in [0.2, 0.25) is 0 Å². The molecule has 2 atom stereocenters. The fourth-order valence-corrected chi connectivity index (χ4v) is 5.06. The van der Waals surface area contributed by atoms with Crippen molar-refractivity contribution in [2.75, 3.05) is 46.5 Å². The molecule has 1 aromatic carbocycles. The zero-order chi connectivity index (χ0) is 22.6. The molecule has 2 aliphatic rings. The SMILES string of the molecule is COc1ccccc1-n1cccc1[C@@H]1[C@@H](c2ccccn2)NC(=S)N1CCN1CCOCC1. The molecule has 2 fully saturated rings. The molecule has 1 N–H and O–H groups in total. The Morgan fingerprint density at radius 1 is 1.06 bits per heavy atom. The molecule has 4 heterocycles. The number of aromatic nitrogens is 2. The van der Waals surface area contributed by atoms with Crippen LogP contribution in [0.2, 0.25) is 0 Å². The van der Waals surface area contributed by atoms with E-state index in [1.54, 1.807) is 7.11 Å². The van der Waals surface area contributed by atoms with Crippen molar-refractivity contribution in [1.82, 2.24) is 24.7 Å². The fourth-order valence-electron chi connectivity index (χ4n) is 4.73. The molecule has 2 aromatic heterocycles. The lowest BCUT2D eigenvalue weighted by Crippen LogP contribution is -2.42. The van der Waals surface area contributed by atoms with Gasteiger partial charge in [-0.2, -0.15) is 0 Å². The number of morpholine rings is 1. The number of pyridine rings is 1. The van der Waals surface area contributed by atoms with Crippen molar-refractivity contribution in [3.63, 3.8) is 0 Å². The van der Waals surface area contributed by atoms with Crippen molar-refractivity contribution in [2.24, 2.45) is 0 Å². The van der Waals surface area contributed by atoms with Gasteiger partial charge in [0.15, 0.2) is 5.11 Å². The van der Waals surface area contributed by atoms with Crippen LogP contribution in [0.25, 0.3) is 5.69 Å². The number of benzene rings is 1. The summed E-state index contributed by atoms with van der Waals surface area (Å²) in [7, 11) is 1.71. The van der Waals surface area contributed by atoms with E-state index in [4.69, 9.17) is 21.7 Å². The molecular formula is C25H29N5O2S. The molecule has 2 aliphatic heterocycles. The number of nitrogens with zero attached hydrogens (tertiary/aromatic N) is 4. The van der Waals surface area contributed by atoms with Gasteiger partial charge in [0.05, 0.1) is 43.8 Å². The third kappa shape index (κ3) is 4.46. The Labute approximate surface area is 199 Å². The molecule has 0 radical (unpaired) electrons. The van der Waals surface area contributed by atoms with Crippen LogP contribution in [0.3, 0.4) is 0 Å². The van der Waals surface area contributed by atoms with Gasteiger partial charge >= 0.3 is 0 Å². The van der Waals surface area contributed by atoms with Crippen molar-refractivity contribution in [3.8, 4) is 11.4 Å². The summed E-state index contributed by atoms with van der Waals surface area (Å²) in [4.78, 5) is 9.42. The lowest BCUT2D eigenvalue weighted by Gasteiger charge is -2.32. The summed E-state index contributed by atoms with van der Waals surface area (Å²) < 4.78 is 13.4. The number of para-hydroxylation sites is 2. The van der Waals surface area contributed by atoms with Gasteiger partial charge in [0, 0.05) is 44.3 Å². The molecule has 7 nitrogen and oxygen atoms in total. The molecule has 0 aliphatic carbocycles.